The SMILES string of the molecule is CC(C)(C)[S@@](=O)N[C@](CCC1CC1)(c1ccc(F)c(N)c1)c1ccccn1. The summed E-state index contributed by atoms with van der Waals surface area (Å²) in [6.07, 6.45) is 5.90. The zero-order chi connectivity index (χ0) is 19.7. The fraction of sp³-hybridized carbons (Fsp3) is 0.476. The lowest BCUT2D eigenvalue weighted by Gasteiger charge is -2.37. The molecule has 0 aliphatic heterocycles. The number of aromatic nitrogens is 1. The molecule has 3 rings (SSSR count). The summed E-state index contributed by atoms with van der Waals surface area (Å²) in [6.45, 7) is 5.79. The molecule has 0 amide bonds. The topological polar surface area (TPSA) is 68.0 Å². The lowest BCUT2D eigenvalue weighted by molar-refractivity contribution is 0.405. The zero-order valence-electron chi connectivity index (χ0n) is 16.2. The quantitative estimate of drug-likeness (QED) is 0.694. The van der Waals surface area contributed by atoms with Gasteiger partial charge in [0.1, 0.15) is 5.82 Å². The van der Waals surface area contributed by atoms with E-state index in [1.165, 1.54) is 18.9 Å². The first kappa shape index (κ1) is 20.0. The number of hydrogen-bond donors (Lipinski definition) is 2. The standard InChI is InChI=1S/C21H28FN3OS/c1-20(2,3)27(26)25-21(12-11-15-7-8-15,19-6-4-5-13-24-19)16-9-10-17(22)18(23)14-16/h4-6,9-10,13-15,25H,7-8,11-12,23H2,1-3H3/t21-,27-/m1/s1. The van der Waals surface area contributed by atoms with Crippen LogP contribution in [0.25, 0.3) is 0 Å². The maximum absolute atomic E-state index is 13.8. The van der Waals surface area contributed by atoms with Gasteiger partial charge in [-0.3, -0.25) is 4.98 Å². The molecule has 4 nitrogen and oxygen atoms in total. The van der Waals surface area contributed by atoms with Crippen LogP contribution in [0.2, 0.25) is 0 Å². The fourth-order valence-corrected chi connectivity index (χ4v) is 4.09. The van der Waals surface area contributed by atoms with Crippen LogP contribution < -0.4 is 10.5 Å². The molecule has 1 fully saturated rings. The van der Waals surface area contributed by atoms with E-state index in [1.54, 1.807) is 18.3 Å². The Kier molecular flexibility index (Phi) is 5.68. The molecular formula is C21H28FN3OS. The Hall–Kier alpha value is -1.79. The summed E-state index contributed by atoms with van der Waals surface area (Å²) in [5.74, 6) is 0.239. The lowest BCUT2D eigenvalue weighted by atomic mass is 9.82. The highest BCUT2D eigenvalue weighted by molar-refractivity contribution is 7.84. The van der Waals surface area contributed by atoms with Gasteiger partial charge in [-0.2, -0.15) is 0 Å². The van der Waals surface area contributed by atoms with Gasteiger partial charge in [-0.05, 0) is 69.4 Å². The predicted octanol–water partition coefficient (Wildman–Crippen LogP) is 4.29. The second-order valence-electron chi connectivity index (χ2n) is 8.32. The van der Waals surface area contributed by atoms with Gasteiger partial charge in [0.15, 0.2) is 0 Å². The van der Waals surface area contributed by atoms with Crippen LogP contribution in [-0.4, -0.2) is 13.9 Å². The van der Waals surface area contributed by atoms with Crippen molar-refractivity contribution in [2.75, 3.05) is 5.73 Å². The van der Waals surface area contributed by atoms with Crippen LogP contribution in [0.3, 0.4) is 0 Å². The summed E-state index contributed by atoms with van der Waals surface area (Å²) in [4.78, 5) is 4.58. The smallest absolute Gasteiger partial charge is 0.146 e. The fourth-order valence-electron chi connectivity index (χ4n) is 3.15. The molecule has 1 aromatic carbocycles. The average Bonchev–Trinajstić information content (AvgIpc) is 3.45. The largest absolute Gasteiger partial charge is 0.396 e. The van der Waals surface area contributed by atoms with Crippen molar-refractivity contribution in [3.05, 3.63) is 59.7 Å². The van der Waals surface area contributed by atoms with Crippen LogP contribution >= 0.6 is 0 Å². The molecule has 1 saturated carbocycles. The van der Waals surface area contributed by atoms with E-state index in [9.17, 15) is 8.60 Å². The van der Waals surface area contributed by atoms with Crippen LogP contribution in [0.4, 0.5) is 10.1 Å². The Bertz CT molecular complexity index is 818. The number of halogens is 1. The summed E-state index contributed by atoms with van der Waals surface area (Å²) in [6, 6.07) is 10.4. The molecule has 146 valence electrons. The Morgan fingerprint density at radius 2 is 2.00 bits per heavy atom. The highest BCUT2D eigenvalue weighted by atomic mass is 32.2. The number of nitrogens with one attached hydrogen (secondary N) is 1. The summed E-state index contributed by atoms with van der Waals surface area (Å²) in [7, 11) is -1.34. The van der Waals surface area contributed by atoms with E-state index >= 15 is 0 Å². The van der Waals surface area contributed by atoms with Crippen LogP contribution in [0.15, 0.2) is 42.6 Å². The normalized spacial score (nSPS) is 18.1. The van der Waals surface area contributed by atoms with Gasteiger partial charge < -0.3 is 5.73 Å². The summed E-state index contributed by atoms with van der Waals surface area (Å²) in [5, 5.41) is 0. The highest BCUT2D eigenvalue weighted by Gasteiger charge is 2.41. The molecule has 0 spiro atoms. The van der Waals surface area contributed by atoms with Crippen molar-refractivity contribution < 1.29 is 8.60 Å². The van der Waals surface area contributed by atoms with Gasteiger partial charge in [-0.1, -0.05) is 25.0 Å². The van der Waals surface area contributed by atoms with Crippen molar-refractivity contribution in [2.45, 2.75) is 56.7 Å². The second kappa shape index (κ2) is 7.68. The summed E-state index contributed by atoms with van der Waals surface area (Å²) >= 11 is 0. The maximum Gasteiger partial charge on any atom is 0.146 e. The highest BCUT2D eigenvalue weighted by Crippen LogP contribution is 2.41. The molecule has 0 unspecified atom stereocenters. The Morgan fingerprint density at radius 1 is 1.26 bits per heavy atom. The van der Waals surface area contributed by atoms with Gasteiger partial charge in [-0.25, -0.2) is 13.3 Å². The van der Waals surface area contributed by atoms with Crippen LogP contribution in [0, 0.1) is 11.7 Å². The lowest BCUT2D eigenvalue weighted by Crippen LogP contribution is -2.49. The first-order chi connectivity index (χ1) is 12.7. The van der Waals surface area contributed by atoms with Crippen LogP contribution in [0.1, 0.15) is 57.7 Å². The maximum atomic E-state index is 13.8. The van der Waals surface area contributed by atoms with Crippen molar-refractivity contribution in [3.63, 3.8) is 0 Å². The number of rotatable bonds is 7. The van der Waals surface area contributed by atoms with E-state index in [-0.39, 0.29) is 5.69 Å². The summed E-state index contributed by atoms with van der Waals surface area (Å²) in [5.41, 5.74) is 6.74. The molecule has 1 heterocycles. The van der Waals surface area contributed by atoms with Crippen LogP contribution in [-0.2, 0) is 16.5 Å². The van der Waals surface area contributed by atoms with Crippen molar-refractivity contribution in [3.8, 4) is 0 Å². The van der Waals surface area contributed by atoms with Crippen molar-refractivity contribution in [1.82, 2.24) is 9.71 Å². The number of benzene rings is 1. The minimum Gasteiger partial charge on any atom is -0.396 e. The Labute approximate surface area is 163 Å². The number of nitrogens with two attached hydrogens (primary N) is 1. The van der Waals surface area contributed by atoms with Gasteiger partial charge in [0, 0.05) is 6.20 Å². The molecule has 27 heavy (non-hydrogen) atoms. The second-order valence-corrected chi connectivity index (χ2v) is 10.3. The predicted molar refractivity (Wildman–Crippen MR) is 109 cm³/mol. The Balaban J connectivity index is 2.13. The number of nitrogens with zero attached hydrogens (tertiary/aromatic N) is 1. The third-order valence-electron chi connectivity index (χ3n) is 5.04. The molecular weight excluding hydrogens is 361 g/mol. The average molecular weight is 390 g/mol. The third kappa shape index (κ3) is 4.55. The van der Waals surface area contributed by atoms with Gasteiger partial charge in [0.2, 0.25) is 0 Å². The molecule has 1 aliphatic carbocycles. The van der Waals surface area contributed by atoms with E-state index in [0.29, 0.717) is 5.92 Å². The van der Waals surface area contributed by atoms with E-state index in [1.807, 2.05) is 39.0 Å². The van der Waals surface area contributed by atoms with Gasteiger partial charge in [0.25, 0.3) is 0 Å². The molecule has 1 aromatic heterocycles. The van der Waals surface area contributed by atoms with Crippen molar-refractivity contribution in [2.24, 2.45) is 5.92 Å². The van der Waals surface area contributed by atoms with Crippen molar-refractivity contribution in [1.29, 1.82) is 0 Å². The molecule has 0 bridgehead atoms. The monoisotopic (exact) mass is 389 g/mol. The van der Waals surface area contributed by atoms with Gasteiger partial charge in [0.05, 0.1) is 32.7 Å². The van der Waals surface area contributed by atoms with E-state index in [2.05, 4.69) is 9.71 Å². The minimum atomic E-state index is -1.34. The molecule has 2 atom stereocenters. The molecule has 3 N–H and O–H groups in total. The Morgan fingerprint density at radius 3 is 2.56 bits per heavy atom. The summed E-state index contributed by atoms with van der Waals surface area (Å²) < 4.78 is 29.9. The number of nitrogen functional groups attached to an aromatic ring is 1. The molecule has 1 aliphatic rings. The number of pyridine rings is 1. The molecule has 6 heteroatoms. The van der Waals surface area contributed by atoms with Crippen molar-refractivity contribution >= 4 is 16.7 Å². The number of anilines is 1. The van der Waals surface area contributed by atoms with Crippen LogP contribution in [0.5, 0.6) is 0 Å². The minimum absolute atomic E-state index is 0.0857. The molecule has 0 saturated heterocycles. The molecule has 0 radical (unpaired) electrons. The number of hydrogen-bond acceptors (Lipinski definition) is 3. The van der Waals surface area contributed by atoms with E-state index in [4.69, 9.17) is 5.73 Å². The van der Waals surface area contributed by atoms with Gasteiger partial charge >= 0.3 is 0 Å². The first-order valence-corrected chi connectivity index (χ1v) is 10.5. The first-order valence-electron chi connectivity index (χ1n) is 9.39. The third-order valence-corrected chi connectivity index (χ3v) is 6.68. The zero-order valence-corrected chi connectivity index (χ0v) is 17.0. The van der Waals surface area contributed by atoms with E-state index in [0.717, 1.165) is 24.1 Å². The molecule has 2 aromatic rings. The van der Waals surface area contributed by atoms with E-state index < -0.39 is 27.1 Å². The van der Waals surface area contributed by atoms with Gasteiger partial charge in [-0.15, -0.1) is 0 Å².